The Morgan fingerprint density at radius 3 is 2.10 bits per heavy atom. The van der Waals surface area contributed by atoms with Crippen LogP contribution in [0.4, 0.5) is 4.39 Å². The topological polar surface area (TPSA) is 23.8 Å². The Bertz CT molecular complexity index is 715. The predicted molar refractivity (Wildman–Crippen MR) is 128 cm³/mol. The van der Waals surface area contributed by atoms with Gasteiger partial charge in [0.25, 0.3) is 0 Å². The van der Waals surface area contributed by atoms with E-state index in [1.807, 2.05) is 12.1 Å². The molecule has 0 bridgehead atoms. The lowest BCUT2D eigenvalue weighted by Crippen LogP contribution is -2.15. The minimum Gasteiger partial charge on any atom is -0.206 e. The summed E-state index contributed by atoms with van der Waals surface area (Å²) < 4.78 is 13.9. The number of hydrogen-bond acceptors (Lipinski definition) is 1. The largest absolute Gasteiger partial charge is 0.206 e. The van der Waals surface area contributed by atoms with Gasteiger partial charge in [0.15, 0.2) is 0 Å². The first kappa shape index (κ1) is 24.0. The third kappa shape index (κ3) is 7.78. The maximum atomic E-state index is 13.9. The number of halogens is 1. The number of allylic oxidation sites excluding steroid dienone is 2. The number of rotatable bonds is 10. The molecule has 170 valence electrons. The summed E-state index contributed by atoms with van der Waals surface area (Å²) in [4.78, 5) is 0. The quantitative estimate of drug-likeness (QED) is 0.272. The molecule has 1 aromatic rings. The normalized spacial score (nSPS) is 26.7. The predicted octanol–water partition coefficient (Wildman–Crippen LogP) is 9.08. The molecule has 31 heavy (non-hydrogen) atoms. The molecule has 0 amide bonds. The zero-order valence-electron chi connectivity index (χ0n) is 19.6. The van der Waals surface area contributed by atoms with Crippen molar-refractivity contribution in [2.24, 2.45) is 17.8 Å². The number of unbranched alkanes of at least 4 members (excludes halogenated alkanes) is 5. The van der Waals surface area contributed by atoms with E-state index in [-0.39, 0.29) is 11.4 Å². The highest BCUT2D eigenvalue weighted by molar-refractivity contribution is 5.35. The van der Waals surface area contributed by atoms with E-state index in [1.165, 1.54) is 83.5 Å². The van der Waals surface area contributed by atoms with Crippen molar-refractivity contribution >= 4 is 0 Å². The molecule has 0 unspecified atom stereocenters. The van der Waals surface area contributed by atoms with Gasteiger partial charge in [0, 0.05) is 0 Å². The average Bonchev–Trinajstić information content (AvgIpc) is 2.81. The average molecular weight is 424 g/mol. The minimum absolute atomic E-state index is 0.155. The molecule has 2 aliphatic carbocycles. The van der Waals surface area contributed by atoms with E-state index in [4.69, 9.17) is 5.26 Å². The van der Waals surface area contributed by atoms with Crippen molar-refractivity contribution in [3.63, 3.8) is 0 Å². The number of benzene rings is 1. The molecule has 2 saturated carbocycles. The lowest BCUT2D eigenvalue weighted by molar-refractivity contribution is 0.287. The number of nitriles is 1. The molecular weight excluding hydrogens is 381 g/mol. The molecule has 1 nitrogen and oxygen atoms in total. The zero-order valence-corrected chi connectivity index (χ0v) is 19.6. The molecule has 0 aliphatic heterocycles. The monoisotopic (exact) mass is 423 g/mol. The fourth-order valence-corrected chi connectivity index (χ4v) is 5.72. The van der Waals surface area contributed by atoms with Crippen molar-refractivity contribution in [2.75, 3.05) is 0 Å². The molecule has 0 aromatic heterocycles. The van der Waals surface area contributed by atoms with Crippen LogP contribution in [0.2, 0.25) is 0 Å². The van der Waals surface area contributed by atoms with E-state index in [0.717, 1.165) is 30.2 Å². The van der Waals surface area contributed by atoms with Gasteiger partial charge in [-0.2, -0.15) is 5.26 Å². The molecule has 0 heterocycles. The van der Waals surface area contributed by atoms with Gasteiger partial charge in [-0.25, -0.2) is 4.39 Å². The minimum atomic E-state index is -0.367. The fraction of sp³-hybridized carbons (Fsp3) is 0.690. The number of nitrogens with zero attached hydrogens (tertiary/aromatic N) is 1. The van der Waals surface area contributed by atoms with E-state index in [9.17, 15) is 4.39 Å². The van der Waals surface area contributed by atoms with E-state index >= 15 is 0 Å². The second-order valence-electron chi connectivity index (χ2n) is 10.2. The Morgan fingerprint density at radius 1 is 0.871 bits per heavy atom. The highest BCUT2D eigenvalue weighted by Crippen LogP contribution is 2.38. The van der Waals surface area contributed by atoms with Gasteiger partial charge >= 0.3 is 0 Å². The highest BCUT2D eigenvalue weighted by Gasteiger charge is 2.23. The van der Waals surface area contributed by atoms with Crippen LogP contribution in [0.1, 0.15) is 120 Å². The molecule has 3 rings (SSSR count). The van der Waals surface area contributed by atoms with Crippen LogP contribution in [-0.4, -0.2) is 0 Å². The van der Waals surface area contributed by atoms with Crippen LogP contribution in [0.3, 0.4) is 0 Å². The summed E-state index contributed by atoms with van der Waals surface area (Å²) in [6.07, 6.45) is 25.3. The van der Waals surface area contributed by atoms with Crippen LogP contribution in [0.25, 0.3) is 0 Å². The van der Waals surface area contributed by atoms with E-state index in [1.54, 1.807) is 12.1 Å². The second-order valence-corrected chi connectivity index (χ2v) is 10.2. The van der Waals surface area contributed by atoms with Crippen molar-refractivity contribution < 1.29 is 4.39 Å². The third-order valence-electron chi connectivity index (χ3n) is 7.87. The van der Waals surface area contributed by atoms with Crippen LogP contribution >= 0.6 is 0 Å². The molecular formula is C29H42FN. The molecule has 0 atom stereocenters. The van der Waals surface area contributed by atoms with Gasteiger partial charge in [-0.3, -0.25) is 0 Å². The second kappa shape index (κ2) is 13.0. The van der Waals surface area contributed by atoms with Crippen LogP contribution in [-0.2, 0) is 0 Å². The van der Waals surface area contributed by atoms with Crippen LogP contribution in [0.5, 0.6) is 0 Å². The van der Waals surface area contributed by atoms with Gasteiger partial charge in [-0.15, -0.1) is 0 Å². The van der Waals surface area contributed by atoms with Crippen LogP contribution < -0.4 is 0 Å². The van der Waals surface area contributed by atoms with Gasteiger partial charge < -0.3 is 0 Å². The van der Waals surface area contributed by atoms with Crippen molar-refractivity contribution in [3.05, 3.63) is 47.3 Å². The Kier molecular flexibility index (Phi) is 10.1. The summed E-state index contributed by atoms with van der Waals surface area (Å²) in [7, 11) is 0. The smallest absolute Gasteiger partial charge is 0.141 e. The van der Waals surface area contributed by atoms with Crippen molar-refractivity contribution in [1.82, 2.24) is 0 Å². The molecule has 0 radical (unpaired) electrons. The van der Waals surface area contributed by atoms with Gasteiger partial charge in [-0.05, 0) is 92.7 Å². The highest BCUT2D eigenvalue weighted by atomic mass is 19.1. The molecule has 2 aliphatic rings. The van der Waals surface area contributed by atoms with Crippen molar-refractivity contribution in [2.45, 2.75) is 109 Å². The van der Waals surface area contributed by atoms with Gasteiger partial charge in [-0.1, -0.05) is 70.1 Å². The van der Waals surface area contributed by atoms with Gasteiger partial charge in [0.2, 0.25) is 0 Å². The Balaban J connectivity index is 1.32. The molecule has 1 aromatic carbocycles. The SMILES string of the molecule is CCCCCCCCC1CCC(C=CC2CCC(c3ccc(C#N)c(F)c3)CC2)CC1. The van der Waals surface area contributed by atoms with E-state index in [2.05, 4.69) is 19.1 Å². The molecule has 2 heteroatoms. The first-order valence-electron chi connectivity index (χ1n) is 13.1. The standard InChI is InChI=1S/C29H42FN/c1-2-3-4-5-6-7-8-23-9-11-24(12-10-23)13-14-25-15-17-26(18-16-25)27-19-20-28(22-31)29(30)21-27/h13-14,19-21,23-26H,2-12,15-18H2,1H3. The Hall–Kier alpha value is -1.62. The van der Waals surface area contributed by atoms with Crippen LogP contribution in [0, 0.1) is 34.9 Å². The van der Waals surface area contributed by atoms with Crippen molar-refractivity contribution in [3.8, 4) is 6.07 Å². The first-order valence-corrected chi connectivity index (χ1v) is 13.1. The summed E-state index contributed by atoms with van der Waals surface area (Å²) >= 11 is 0. The van der Waals surface area contributed by atoms with E-state index < -0.39 is 0 Å². The van der Waals surface area contributed by atoms with E-state index in [0.29, 0.717) is 11.8 Å². The Labute approximate surface area is 190 Å². The fourth-order valence-electron chi connectivity index (χ4n) is 5.72. The van der Waals surface area contributed by atoms with Gasteiger partial charge in [0.1, 0.15) is 11.9 Å². The molecule has 0 saturated heterocycles. The van der Waals surface area contributed by atoms with Crippen molar-refractivity contribution in [1.29, 1.82) is 5.26 Å². The molecule has 2 fully saturated rings. The summed E-state index contributed by atoms with van der Waals surface area (Å²) in [5.41, 5.74) is 1.23. The first-order chi connectivity index (χ1) is 15.2. The molecule has 0 spiro atoms. The summed E-state index contributed by atoms with van der Waals surface area (Å²) in [6, 6.07) is 7.09. The third-order valence-corrected chi connectivity index (χ3v) is 7.87. The lowest BCUT2D eigenvalue weighted by atomic mass is 9.76. The summed E-state index contributed by atoms with van der Waals surface area (Å²) in [6.45, 7) is 2.29. The molecule has 0 N–H and O–H groups in total. The van der Waals surface area contributed by atoms with Crippen LogP contribution in [0.15, 0.2) is 30.4 Å². The van der Waals surface area contributed by atoms with Gasteiger partial charge in [0.05, 0.1) is 5.56 Å². The summed E-state index contributed by atoms with van der Waals surface area (Å²) in [5.74, 6) is 2.56. The maximum Gasteiger partial charge on any atom is 0.141 e. The summed E-state index contributed by atoms with van der Waals surface area (Å²) in [5, 5.41) is 8.91. The lowest BCUT2D eigenvalue weighted by Gasteiger charge is -2.29. The number of hydrogen-bond donors (Lipinski definition) is 0. The Morgan fingerprint density at radius 2 is 1.48 bits per heavy atom. The maximum absolute atomic E-state index is 13.9. The zero-order chi connectivity index (χ0) is 21.9.